The molecule has 6 aromatic rings. The number of aryl methyl sites for hydroxylation is 2. The van der Waals surface area contributed by atoms with E-state index in [-0.39, 0.29) is 5.57 Å². The van der Waals surface area contributed by atoms with E-state index in [1.807, 2.05) is 30.3 Å². The number of methoxy groups -OCH3 is 2. The van der Waals surface area contributed by atoms with Crippen molar-refractivity contribution in [1.82, 2.24) is 0 Å². The summed E-state index contributed by atoms with van der Waals surface area (Å²) in [7, 11) is 3.34. The van der Waals surface area contributed by atoms with E-state index in [0.29, 0.717) is 0 Å². The van der Waals surface area contributed by atoms with Crippen molar-refractivity contribution < 1.29 is 19.4 Å². The first kappa shape index (κ1) is 29.0. The molecular weight excluding hydrogens is 589 g/mol. The summed E-state index contributed by atoms with van der Waals surface area (Å²) in [5.74, 6) is 0.412. The van der Waals surface area contributed by atoms with Gasteiger partial charge in [0.2, 0.25) is 0 Å². The van der Waals surface area contributed by atoms with Crippen LogP contribution in [0.5, 0.6) is 11.5 Å². The summed E-state index contributed by atoms with van der Waals surface area (Å²) in [4.78, 5) is 15.5. The molecule has 0 aliphatic heterocycles. The molecule has 2 heterocycles. The number of hydrogen-bond acceptors (Lipinski definition) is 7. The molecule has 2 aromatic heterocycles. The van der Waals surface area contributed by atoms with Crippen LogP contribution in [-0.2, 0) is 17.6 Å². The molecule has 0 aliphatic carbocycles. The lowest BCUT2D eigenvalue weighted by atomic mass is 10.1. The van der Waals surface area contributed by atoms with Gasteiger partial charge in [0, 0.05) is 36.2 Å². The fourth-order valence-corrected chi connectivity index (χ4v) is 7.25. The number of nitriles is 1. The van der Waals surface area contributed by atoms with Gasteiger partial charge in [-0.1, -0.05) is 12.1 Å². The molecule has 218 valence electrons. The van der Waals surface area contributed by atoms with Crippen LogP contribution < -0.4 is 14.4 Å². The Morgan fingerprint density at radius 3 is 1.82 bits per heavy atom. The second-order valence-electron chi connectivity index (χ2n) is 10.2. The number of fused-ring (bicyclic) bond motifs is 2. The Labute approximate surface area is 263 Å². The van der Waals surface area contributed by atoms with Gasteiger partial charge in [-0.05, 0) is 120 Å². The number of carboxylic acids is 1. The number of thiophene rings is 2. The van der Waals surface area contributed by atoms with E-state index in [2.05, 4.69) is 71.6 Å². The minimum Gasteiger partial charge on any atom is -0.497 e. The third kappa shape index (κ3) is 6.16. The highest BCUT2D eigenvalue weighted by molar-refractivity contribution is 7.21. The summed E-state index contributed by atoms with van der Waals surface area (Å²) in [5.41, 5.74) is 4.13. The molecule has 1 N–H and O–H groups in total. The van der Waals surface area contributed by atoms with Crippen molar-refractivity contribution in [1.29, 1.82) is 5.26 Å². The molecule has 0 saturated carbocycles. The molecule has 0 fully saturated rings. The van der Waals surface area contributed by atoms with Crippen LogP contribution in [-0.4, -0.2) is 25.3 Å². The number of carbonyl (C=O) groups is 1. The maximum Gasteiger partial charge on any atom is 0.346 e. The van der Waals surface area contributed by atoms with Gasteiger partial charge in [-0.15, -0.1) is 22.7 Å². The third-order valence-electron chi connectivity index (χ3n) is 7.38. The first-order valence-electron chi connectivity index (χ1n) is 13.9. The van der Waals surface area contributed by atoms with Crippen molar-refractivity contribution in [3.63, 3.8) is 0 Å². The number of rotatable bonds is 10. The highest BCUT2D eigenvalue weighted by Crippen LogP contribution is 2.37. The molecule has 0 spiro atoms. The van der Waals surface area contributed by atoms with Crippen molar-refractivity contribution in [2.75, 3.05) is 19.1 Å². The summed E-state index contributed by atoms with van der Waals surface area (Å²) in [6.45, 7) is 0. The van der Waals surface area contributed by atoms with Gasteiger partial charge < -0.3 is 19.5 Å². The first-order valence-corrected chi connectivity index (χ1v) is 15.6. The minimum absolute atomic E-state index is 0.261. The fraction of sp³-hybridized carbons (Fsp3) is 0.111. The van der Waals surface area contributed by atoms with Crippen LogP contribution in [0.2, 0.25) is 0 Å². The van der Waals surface area contributed by atoms with Crippen LogP contribution in [0, 0.1) is 11.3 Å². The molecular formula is C36H28N2O4S2. The Kier molecular flexibility index (Phi) is 8.33. The predicted octanol–water partition coefficient (Wildman–Crippen LogP) is 9.38. The third-order valence-corrected chi connectivity index (χ3v) is 9.58. The van der Waals surface area contributed by atoms with Gasteiger partial charge in [0.15, 0.2) is 0 Å². The highest BCUT2D eigenvalue weighted by atomic mass is 32.1. The number of aliphatic carboxylic acids is 1. The number of ether oxygens (including phenoxy) is 2. The molecule has 44 heavy (non-hydrogen) atoms. The van der Waals surface area contributed by atoms with E-state index in [1.54, 1.807) is 31.6 Å². The van der Waals surface area contributed by atoms with Crippen molar-refractivity contribution in [2.24, 2.45) is 0 Å². The number of carboxylic acid groups (broad SMARTS) is 1. The zero-order valence-electron chi connectivity index (χ0n) is 24.1. The van der Waals surface area contributed by atoms with Crippen LogP contribution in [0.25, 0.3) is 26.2 Å². The molecule has 0 bridgehead atoms. The van der Waals surface area contributed by atoms with Crippen LogP contribution in [0.3, 0.4) is 0 Å². The summed E-state index contributed by atoms with van der Waals surface area (Å²) in [6.07, 6.45) is 3.30. The Morgan fingerprint density at radius 1 is 0.773 bits per heavy atom. The van der Waals surface area contributed by atoms with Gasteiger partial charge in [-0.3, -0.25) is 0 Å². The fourth-order valence-electron chi connectivity index (χ4n) is 5.12. The summed E-state index contributed by atoms with van der Waals surface area (Å²) < 4.78 is 13.0. The Bertz CT molecular complexity index is 1920. The number of nitrogens with zero attached hydrogens (tertiary/aromatic N) is 2. The summed E-state index contributed by atoms with van der Waals surface area (Å²) in [6, 6.07) is 35.1. The maximum atomic E-state index is 11.2. The topological polar surface area (TPSA) is 82.8 Å². The molecule has 6 nitrogen and oxygen atoms in total. The van der Waals surface area contributed by atoms with Gasteiger partial charge in [0.1, 0.15) is 23.1 Å². The van der Waals surface area contributed by atoms with Gasteiger partial charge in [-0.25, -0.2) is 4.79 Å². The van der Waals surface area contributed by atoms with E-state index < -0.39 is 5.97 Å². The second kappa shape index (κ2) is 12.6. The van der Waals surface area contributed by atoms with Crippen molar-refractivity contribution in [3.05, 3.63) is 118 Å². The van der Waals surface area contributed by atoms with Crippen LogP contribution in [0.4, 0.5) is 17.1 Å². The van der Waals surface area contributed by atoms with E-state index in [0.717, 1.165) is 56.4 Å². The lowest BCUT2D eigenvalue weighted by Crippen LogP contribution is -2.10. The molecule has 0 atom stereocenters. The van der Waals surface area contributed by atoms with E-state index in [4.69, 9.17) is 19.8 Å². The summed E-state index contributed by atoms with van der Waals surface area (Å²) in [5, 5.41) is 20.5. The van der Waals surface area contributed by atoms with Gasteiger partial charge in [0.05, 0.1) is 14.2 Å². The average molecular weight is 617 g/mol. The molecule has 0 radical (unpaired) electrons. The molecule has 8 heteroatoms. The Hall–Kier alpha value is -5.10. The predicted molar refractivity (Wildman–Crippen MR) is 180 cm³/mol. The number of hydrogen-bond donors (Lipinski definition) is 1. The molecule has 4 aromatic carbocycles. The average Bonchev–Trinajstić information content (AvgIpc) is 3.64. The standard InChI is InChI=1S/C36H28N2O4S2/c1-41-30-12-8-28(9-13-30)38(29-10-14-31(42-2)15-11-29)27-6-3-23(4-7-27)5-16-32-17-24-20-35-25(21-34(24)43-32)18-33(44-35)19-26(22-37)36(39)40/h3-4,6-15,17-21H,5,16H2,1-2H3,(H,39,40)/b26-19+. The zero-order chi connectivity index (χ0) is 30.6. The lowest BCUT2D eigenvalue weighted by Gasteiger charge is -2.26. The van der Waals surface area contributed by atoms with Gasteiger partial charge in [0.25, 0.3) is 0 Å². The van der Waals surface area contributed by atoms with Crippen LogP contribution in [0.1, 0.15) is 15.3 Å². The summed E-state index contributed by atoms with van der Waals surface area (Å²) >= 11 is 3.28. The van der Waals surface area contributed by atoms with E-state index in [1.165, 1.54) is 37.9 Å². The number of benzene rings is 4. The normalized spacial score (nSPS) is 11.4. The Balaban J connectivity index is 1.20. The van der Waals surface area contributed by atoms with E-state index in [9.17, 15) is 4.79 Å². The maximum absolute atomic E-state index is 11.2. The number of anilines is 3. The van der Waals surface area contributed by atoms with Crippen molar-refractivity contribution >= 4 is 72.0 Å². The van der Waals surface area contributed by atoms with Crippen LogP contribution >= 0.6 is 22.7 Å². The quantitative estimate of drug-likeness (QED) is 0.122. The molecule has 6 rings (SSSR count). The first-order chi connectivity index (χ1) is 21.4. The van der Waals surface area contributed by atoms with Crippen molar-refractivity contribution in [3.8, 4) is 17.6 Å². The molecule has 0 unspecified atom stereocenters. The van der Waals surface area contributed by atoms with Crippen LogP contribution in [0.15, 0.2) is 103 Å². The van der Waals surface area contributed by atoms with E-state index >= 15 is 0 Å². The SMILES string of the molecule is COc1ccc(N(c2ccc(CCc3cc4cc5sc(/C=C(\C#N)C(=O)O)cc5cc4s3)cc2)c2ccc(OC)cc2)cc1. The second-order valence-corrected chi connectivity index (χ2v) is 12.4. The molecule has 0 amide bonds. The monoisotopic (exact) mass is 616 g/mol. The van der Waals surface area contributed by atoms with Gasteiger partial charge >= 0.3 is 5.97 Å². The molecule has 0 aliphatic rings. The Morgan fingerprint density at radius 2 is 1.30 bits per heavy atom. The van der Waals surface area contributed by atoms with Gasteiger partial charge in [-0.2, -0.15) is 5.26 Å². The van der Waals surface area contributed by atoms with Crippen molar-refractivity contribution in [2.45, 2.75) is 12.8 Å². The lowest BCUT2D eigenvalue weighted by molar-refractivity contribution is -0.132. The molecule has 0 saturated heterocycles. The highest BCUT2D eigenvalue weighted by Gasteiger charge is 2.14. The zero-order valence-corrected chi connectivity index (χ0v) is 25.7. The minimum atomic E-state index is -1.21. The largest absolute Gasteiger partial charge is 0.497 e. The smallest absolute Gasteiger partial charge is 0.346 e.